The topological polar surface area (TPSA) is 38.7 Å². The van der Waals surface area contributed by atoms with E-state index < -0.39 is 5.97 Å². The van der Waals surface area contributed by atoms with Crippen molar-refractivity contribution in [1.29, 1.82) is 0 Å². The number of nitrogens with zero attached hydrogens (tertiary/aromatic N) is 1. The average molecular weight is 284 g/mol. The Morgan fingerprint density at radius 1 is 1.00 bits per heavy atom. The van der Waals surface area contributed by atoms with Crippen LogP contribution in [-0.4, -0.2) is 11.7 Å². The minimum Gasteiger partial charge on any atom is -0.312 e. The lowest BCUT2D eigenvalue weighted by atomic mass is 10.0. The van der Waals surface area contributed by atoms with Gasteiger partial charge in [-0.3, -0.25) is 0 Å². The molecule has 3 rings (SSSR count). The summed E-state index contributed by atoms with van der Waals surface area (Å²) in [6.07, 6.45) is 1.70. The number of carbonyl (C=O) groups is 1. The van der Waals surface area contributed by atoms with Crippen LogP contribution < -0.4 is 0 Å². The van der Waals surface area contributed by atoms with E-state index in [1.807, 2.05) is 48.5 Å². The molecule has 0 N–H and O–H groups in total. The Hall–Kier alpha value is -2.39. The normalized spacial score (nSPS) is 16.1. The summed E-state index contributed by atoms with van der Waals surface area (Å²) in [4.78, 5) is 16.6. The summed E-state index contributed by atoms with van der Waals surface area (Å²) in [7, 11) is 0. The monoisotopic (exact) mass is 283 g/mol. The second-order valence-electron chi connectivity index (χ2n) is 4.26. The molecule has 0 bridgehead atoms. The van der Waals surface area contributed by atoms with E-state index in [9.17, 15) is 4.79 Å². The van der Waals surface area contributed by atoms with Gasteiger partial charge in [-0.05, 0) is 17.7 Å². The van der Waals surface area contributed by atoms with E-state index in [4.69, 9.17) is 16.4 Å². The standard InChI is InChI=1S/C16H10ClNO2/c17-14-9-5-4-8-12(14)10-13-15(18-20-16(13)19)11-6-2-1-3-7-11/h1-10H/b13-10+. The van der Waals surface area contributed by atoms with Gasteiger partial charge in [-0.2, -0.15) is 0 Å². The van der Waals surface area contributed by atoms with Crippen molar-refractivity contribution in [3.05, 3.63) is 76.3 Å². The summed E-state index contributed by atoms with van der Waals surface area (Å²) in [5.41, 5.74) is 2.52. The first-order chi connectivity index (χ1) is 9.75. The number of hydrogen-bond donors (Lipinski definition) is 0. The van der Waals surface area contributed by atoms with E-state index in [-0.39, 0.29) is 0 Å². The summed E-state index contributed by atoms with van der Waals surface area (Å²) in [6, 6.07) is 16.7. The fourth-order valence-corrected chi connectivity index (χ4v) is 2.15. The summed E-state index contributed by atoms with van der Waals surface area (Å²) in [5.74, 6) is -0.469. The number of rotatable bonds is 2. The van der Waals surface area contributed by atoms with Crippen LogP contribution in [0.15, 0.2) is 65.3 Å². The molecule has 1 heterocycles. The van der Waals surface area contributed by atoms with Crippen LogP contribution in [0, 0.1) is 0 Å². The Morgan fingerprint density at radius 2 is 1.70 bits per heavy atom. The second kappa shape index (κ2) is 5.31. The molecule has 0 amide bonds. The van der Waals surface area contributed by atoms with Gasteiger partial charge < -0.3 is 4.84 Å². The van der Waals surface area contributed by atoms with Gasteiger partial charge in [0.15, 0.2) is 0 Å². The zero-order valence-electron chi connectivity index (χ0n) is 10.4. The van der Waals surface area contributed by atoms with Crippen molar-refractivity contribution in [2.45, 2.75) is 0 Å². The van der Waals surface area contributed by atoms with E-state index in [0.29, 0.717) is 16.3 Å². The lowest BCUT2D eigenvalue weighted by molar-refractivity contribution is -0.136. The van der Waals surface area contributed by atoms with Gasteiger partial charge in [0.2, 0.25) is 0 Å². The molecule has 98 valence electrons. The van der Waals surface area contributed by atoms with Crippen LogP contribution in [0.1, 0.15) is 11.1 Å². The maximum Gasteiger partial charge on any atom is 0.368 e. The predicted molar refractivity (Wildman–Crippen MR) is 78.5 cm³/mol. The maximum atomic E-state index is 11.8. The molecule has 0 aromatic heterocycles. The number of oxime groups is 1. The molecule has 2 aromatic carbocycles. The summed E-state index contributed by atoms with van der Waals surface area (Å²) >= 11 is 6.11. The molecule has 0 atom stereocenters. The molecule has 20 heavy (non-hydrogen) atoms. The predicted octanol–water partition coefficient (Wildman–Crippen LogP) is 3.68. The molecule has 0 aliphatic carbocycles. The van der Waals surface area contributed by atoms with Gasteiger partial charge >= 0.3 is 5.97 Å². The van der Waals surface area contributed by atoms with Crippen LogP contribution in [-0.2, 0) is 9.63 Å². The minimum absolute atomic E-state index is 0.407. The fraction of sp³-hybridized carbons (Fsp3) is 0. The molecular formula is C16H10ClNO2. The van der Waals surface area contributed by atoms with Gasteiger partial charge in [-0.25, -0.2) is 4.79 Å². The van der Waals surface area contributed by atoms with Crippen molar-refractivity contribution in [1.82, 2.24) is 0 Å². The minimum atomic E-state index is -0.469. The first kappa shape index (κ1) is 12.6. The van der Waals surface area contributed by atoms with Crippen molar-refractivity contribution in [3.63, 3.8) is 0 Å². The van der Waals surface area contributed by atoms with Gasteiger partial charge in [-0.15, -0.1) is 0 Å². The van der Waals surface area contributed by atoms with Gasteiger partial charge in [0.1, 0.15) is 5.71 Å². The van der Waals surface area contributed by atoms with Crippen molar-refractivity contribution in [2.75, 3.05) is 0 Å². The maximum absolute atomic E-state index is 11.8. The summed E-state index contributed by atoms with van der Waals surface area (Å²) < 4.78 is 0. The highest BCUT2D eigenvalue weighted by molar-refractivity contribution is 6.34. The zero-order chi connectivity index (χ0) is 13.9. The number of benzene rings is 2. The van der Waals surface area contributed by atoms with Crippen molar-refractivity contribution in [3.8, 4) is 0 Å². The first-order valence-corrected chi connectivity index (χ1v) is 6.45. The zero-order valence-corrected chi connectivity index (χ0v) is 11.2. The van der Waals surface area contributed by atoms with E-state index in [1.54, 1.807) is 12.1 Å². The smallest absolute Gasteiger partial charge is 0.312 e. The van der Waals surface area contributed by atoms with E-state index in [0.717, 1.165) is 11.1 Å². The van der Waals surface area contributed by atoms with Crippen LogP contribution in [0.25, 0.3) is 6.08 Å². The van der Waals surface area contributed by atoms with Crippen molar-refractivity contribution < 1.29 is 9.63 Å². The molecule has 0 unspecified atom stereocenters. The summed E-state index contributed by atoms with van der Waals surface area (Å²) in [5, 5.41) is 4.43. The van der Waals surface area contributed by atoms with Gasteiger partial charge in [-0.1, -0.05) is 65.3 Å². The lowest BCUT2D eigenvalue weighted by Crippen LogP contribution is -2.06. The van der Waals surface area contributed by atoms with Crippen molar-refractivity contribution >= 4 is 29.4 Å². The lowest BCUT2D eigenvalue weighted by Gasteiger charge is -2.01. The third-order valence-corrected chi connectivity index (χ3v) is 3.29. The highest BCUT2D eigenvalue weighted by Crippen LogP contribution is 2.24. The van der Waals surface area contributed by atoms with E-state index in [2.05, 4.69) is 5.16 Å². The average Bonchev–Trinajstić information content (AvgIpc) is 2.84. The Kier molecular flexibility index (Phi) is 3.35. The molecule has 1 aliphatic heterocycles. The quantitative estimate of drug-likeness (QED) is 0.623. The molecule has 2 aromatic rings. The molecule has 0 radical (unpaired) electrons. The van der Waals surface area contributed by atoms with Crippen LogP contribution in [0.2, 0.25) is 5.02 Å². The largest absolute Gasteiger partial charge is 0.368 e. The molecule has 1 aliphatic rings. The van der Waals surface area contributed by atoms with Gasteiger partial charge in [0, 0.05) is 10.6 Å². The SMILES string of the molecule is O=C1ON=C(c2ccccc2)/C1=C\c1ccccc1Cl. The van der Waals surface area contributed by atoms with E-state index >= 15 is 0 Å². The number of hydrogen-bond acceptors (Lipinski definition) is 3. The molecule has 0 saturated carbocycles. The highest BCUT2D eigenvalue weighted by atomic mass is 35.5. The Balaban J connectivity index is 2.05. The van der Waals surface area contributed by atoms with Crippen LogP contribution >= 0.6 is 11.6 Å². The third kappa shape index (κ3) is 2.36. The Morgan fingerprint density at radius 3 is 2.45 bits per heavy atom. The van der Waals surface area contributed by atoms with Gasteiger partial charge in [0.05, 0.1) is 5.57 Å². The second-order valence-corrected chi connectivity index (χ2v) is 4.67. The van der Waals surface area contributed by atoms with Crippen molar-refractivity contribution in [2.24, 2.45) is 5.16 Å². The van der Waals surface area contributed by atoms with Crippen LogP contribution in [0.3, 0.4) is 0 Å². The molecule has 0 spiro atoms. The van der Waals surface area contributed by atoms with Gasteiger partial charge in [0.25, 0.3) is 0 Å². The fourth-order valence-electron chi connectivity index (χ4n) is 1.96. The number of halogens is 1. The molecule has 4 heteroatoms. The summed E-state index contributed by atoms with van der Waals surface area (Å²) in [6.45, 7) is 0. The highest BCUT2D eigenvalue weighted by Gasteiger charge is 2.26. The third-order valence-electron chi connectivity index (χ3n) is 2.95. The molecular weight excluding hydrogens is 274 g/mol. The molecule has 3 nitrogen and oxygen atoms in total. The van der Waals surface area contributed by atoms with E-state index in [1.165, 1.54) is 0 Å². The molecule has 0 fully saturated rings. The Labute approximate surface area is 121 Å². The first-order valence-electron chi connectivity index (χ1n) is 6.07. The van der Waals surface area contributed by atoms with Crippen LogP contribution in [0.4, 0.5) is 0 Å². The Bertz CT molecular complexity index is 720. The van der Waals surface area contributed by atoms with Crippen LogP contribution in [0.5, 0.6) is 0 Å². The number of carbonyl (C=O) groups excluding carboxylic acids is 1. The molecule has 0 saturated heterocycles.